The smallest absolute Gasteiger partial charge is 0.131 e. The first-order valence-corrected chi connectivity index (χ1v) is 6.80. The van der Waals surface area contributed by atoms with E-state index in [0.29, 0.717) is 6.04 Å². The predicted molar refractivity (Wildman–Crippen MR) is 71.1 cm³/mol. The van der Waals surface area contributed by atoms with Gasteiger partial charge in [0.2, 0.25) is 0 Å². The molecule has 1 aromatic rings. The molecule has 1 heterocycles. The van der Waals surface area contributed by atoms with Crippen molar-refractivity contribution in [1.29, 1.82) is 0 Å². The molecule has 3 atom stereocenters. The lowest BCUT2D eigenvalue weighted by molar-refractivity contribution is 0.369. The summed E-state index contributed by atoms with van der Waals surface area (Å²) in [5.41, 5.74) is 2.17. The number of aromatic nitrogens is 2. The van der Waals surface area contributed by atoms with Gasteiger partial charge in [0.1, 0.15) is 5.15 Å². The molecule has 96 valence electrons. The van der Waals surface area contributed by atoms with Crippen molar-refractivity contribution >= 4 is 11.6 Å². The molecule has 0 aromatic carbocycles. The highest BCUT2D eigenvalue weighted by molar-refractivity contribution is 6.30. The van der Waals surface area contributed by atoms with Gasteiger partial charge < -0.3 is 5.32 Å². The van der Waals surface area contributed by atoms with E-state index in [1.54, 1.807) is 4.68 Å². The molecule has 1 fully saturated rings. The summed E-state index contributed by atoms with van der Waals surface area (Å²) in [4.78, 5) is 0. The summed E-state index contributed by atoms with van der Waals surface area (Å²) in [5, 5.41) is 8.73. The SMILES string of the molecule is Cc1nn(C)c(Cl)c1CNC1CCC(C)C1C. The van der Waals surface area contributed by atoms with E-state index in [1.807, 2.05) is 14.0 Å². The Hall–Kier alpha value is -0.540. The second-order valence-corrected chi connectivity index (χ2v) is 5.74. The van der Waals surface area contributed by atoms with E-state index in [4.69, 9.17) is 11.6 Å². The number of nitrogens with zero attached hydrogens (tertiary/aromatic N) is 2. The van der Waals surface area contributed by atoms with E-state index in [9.17, 15) is 0 Å². The highest BCUT2D eigenvalue weighted by atomic mass is 35.5. The summed E-state index contributed by atoms with van der Waals surface area (Å²) < 4.78 is 1.74. The van der Waals surface area contributed by atoms with Crippen LogP contribution < -0.4 is 5.32 Å². The minimum absolute atomic E-state index is 0.626. The van der Waals surface area contributed by atoms with Crippen LogP contribution in [0.5, 0.6) is 0 Å². The van der Waals surface area contributed by atoms with Crippen LogP contribution >= 0.6 is 11.6 Å². The lowest BCUT2D eigenvalue weighted by Gasteiger charge is -2.19. The zero-order valence-corrected chi connectivity index (χ0v) is 11.9. The Balaban J connectivity index is 1.98. The molecule has 17 heavy (non-hydrogen) atoms. The second-order valence-electron chi connectivity index (χ2n) is 5.38. The first-order chi connectivity index (χ1) is 8.00. The molecule has 0 amide bonds. The molecule has 1 saturated carbocycles. The Morgan fingerprint density at radius 1 is 1.41 bits per heavy atom. The third-order valence-corrected chi connectivity index (χ3v) is 4.75. The van der Waals surface area contributed by atoms with E-state index >= 15 is 0 Å². The minimum atomic E-state index is 0.626. The van der Waals surface area contributed by atoms with Crippen LogP contribution in [0.4, 0.5) is 0 Å². The second kappa shape index (κ2) is 4.99. The summed E-state index contributed by atoms with van der Waals surface area (Å²) in [5.74, 6) is 1.59. The molecule has 1 aromatic heterocycles. The standard InChI is InChI=1S/C13H22ClN3/c1-8-5-6-12(9(8)2)15-7-11-10(3)16-17(4)13(11)14/h8-9,12,15H,5-7H2,1-4H3. The first-order valence-electron chi connectivity index (χ1n) is 6.42. The van der Waals surface area contributed by atoms with Crippen LogP contribution in [-0.4, -0.2) is 15.8 Å². The van der Waals surface area contributed by atoms with Crippen LogP contribution in [-0.2, 0) is 13.6 Å². The van der Waals surface area contributed by atoms with Gasteiger partial charge in [-0.05, 0) is 31.6 Å². The fourth-order valence-electron chi connectivity index (χ4n) is 2.76. The maximum absolute atomic E-state index is 6.23. The summed E-state index contributed by atoms with van der Waals surface area (Å²) in [6.45, 7) is 7.53. The fraction of sp³-hybridized carbons (Fsp3) is 0.769. The molecule has 4 heteroatoms. The van der Waals surface area contributed by atoms with E-state index in [-0.39, 0.29) is 0 Å². The normalized spacial score (nSPS) is 28.9. The largest absolute Gasteiger partial charge is 0.309 e. The van der Waals surface area contributed by atoms with E-state index < -0.39 is 0 Å². The molecule has 1 aliphatic carbocycles. The van der Waals surface area contributed by atoms with Gasteiger partial charge in [-0.2, -0.15) is 5.10 Å². The zero-order chi connectivity index (χ0) is 12.6. The average Bonchev–Trinajstić information content (AvgIpc) is 2.71. The molecule has 0 aliphatic heterocycles. The molecule has 1 N–H and O–H groups in total. The summed E-state index contributed by atoms with van der Waals surface area (Å²) in [6, 6.07) is 0.626. The van der Waals surface area contributed by atoms with Crippen LogP contribution in [0.25, 0.3) is 0 Å². The van der Waals surface area contributed by atoms with Gasteiger partial charge in [0, 0.05) is 25.2 Å². The lowest BCUT2D eigenvalue weighted by Crippen LogP contribution is -2.32. The lowest BCUT2D eigenvalue weighted by atomic mass is 9.98. The van der Waals surface area contributed by atoms with E-state index in [0.717, 1.165) is 34.8 Å². The monoisotopic (exact) mass is 255 g/mol. The molecule has 0 radical (unpaired) electrons. The molecule has 0 bridgehead atoms. The fourth-order valence-corrected chi connectivity index (χ4v) is 3.00. The zero-order valence-electron chi connectivity index (χ0n) is 11.1. The highest BCUT2D eigenvalue weighted by Gasteiger charge is 2.29. The topological polar surface area (TPSA) is 29.9 Å². The molecule has 0 saturated heterocycles. The first kappa shape index (κ1) is 12.9. The van der Waals surface area contributed by atoms with Gasteiger partial charge in [0.15, 0.2) is 0 Å². The highest BCUT2D eigenvalue weighted by Crippen LogP contribution is 2.31. The maximum atomic E-state index is 6.23. The number of hydrogen-bond acceptors (Lipinski definition) is 2. The maximum Gasteiger partial charge on any atom is 0.131 e. The number of halogens is 1. The number of aryl methyl sites for hydroxylation is 2. The average molecular weight is 256 g/mol. The quantitative estimate of drug-likeness (QED) is 0.900. The molecule has 2 rings (SSSR count). The molecule has 3 unspecified atom stereocenters. The van der Waals surface area contributed by atoms with Gasteiger partial charge in [0.05, 0.1) is 5.69 Å². The van der Waals surface area contributed by atoms with E-state index in [2.05, 4.69) is 24.3 Å². The van der Waals surface area contributed by atoms with Crippen molar-refractivity contribution in [3.05, 3.63) is 16.4 Å². The van der Waals surface area contributed by atoms with Crippen molar-refractivity contribution in [1.82, 2.24) is 15.1 Å². The van der Waals surface area contributed by atoms with Crippen LogP contribution in [0.2, 0.25) is 5.15 Å². The Morgan fingerprint density at radius 3 is 2.59 bits per heavy atom. The Bertz CT molecular complexity index is 400. The van der Waals surface area contributed by atoms with Crippen LogP contribution in [0.1, 0.15) is 37.9 Å². The number of nitrogens with one attached hydrogen (secondary N) is 1. The van der Waals surface area contributed by atoms with Crippen LogP contribution in [0, 0.1) is 18.8 Å². The molecule has 0 spiro atoms. The van der Waals surface area contributed by atoms with E-state index in [1.165, 1.54) is 12.8 Å². The summed E-state index contributed by atoms with van der Waals surface area (Å²) in [6.07, 6.45) is 2.61. The van der Waals surface area contributed by atoms with Gasteiger partial charge in [-0.25, -0.2) is 0 Å². The van der Waals surface area contributed by atoms with Crippen molar-refractivity contribution in [2.75, 3.05) is 0 Å². The van der Waals surface area contributed by atoms with Crippen molar-refractivity contribution in [3.8, 4) is 0 Å². The van der Waals surface area contributed by atoms with Gasteiger partial charge >= 0.3 is 0 Å². The van der Waals surface area contributed by atoms with Crippen molar-refractivity contribution in [2.45, 2.75) is 46.2 Å². The molecule has 1 aliphatic rings. The van der Waals surface area contributed by atoms with Gasteiger partial charge in [-0.1, -0.05) is 25.4 Å². The number of hydrogen-bond donors (Lipinski definition) is 1. The van der Waals surface area contributed by atoms with Crippen LogP contribution in [0.3, 0.4) is 0 Å². The predicted octanol–water partition coefficient (Wildman–Crippen LogP) is 2.91. The minimum Gasteiger partial charge on any atom is -0.309 e. The molecular weight excluding hydrogens is 234 g/mol. The third-order valence-electron chi connectivity index (χ3n) is 4.28. The van der Waals surface area contributed by atoms with Crippen molar-refractivity contribution < 1.29 is 0 Å². The molecular formula is C13H22ClN3. The Morgan fingerprint density at radius 2 is 2.12 bits per heavy atom. The van der Waals surface area contributed by atoms with Crippen LogP contribution in [0.15, 0.2) is 0 Å². The van der Waals surface area contributed by atoms with Crippen molar-refractivity contribution in [3.63, 3.8) is 0 Å². The molecule has 3 nitrogen and oxygen atoms in total. The Kier molecular flexibility index (Phi) is 3.79. The van der Waals surface area contributed by atoms with Gasteiger partial charge in [-0.3, -0.25) is 4.68 Å². The summed E-state index contributed by atoms with van der Waals surface area (Å²) >= 11 is 6.23. The van der Waals surface area contributed by atoms with Gasteiger partial charge in [-0.15, -0.1) is 0 Å². The Labute approximate surface area is 109 Å². The van der Waals surface area contributed by atoms with Gasteiger partial charge in [0.25, 0.3) is 0 Å². The van der Waals surface area contributed by atoms with Crippen molar-refractivity contribution in [2.24, 2.45) is 18.9 Å². The third kappa shape index (κ3) is 2.50. The summed E-state index contributed by atoms with van der Waals surface area (Å²) in [7, 11) is 1.89. The number of rotatable bonds is 3.